The topological polar surface area (TPSA) is 93.4 Å². The molecule has 1 saturated carbocycles. The molecular weight excluding hydrogens is 266 g/mol. The van der Waals surface area contributed by atoms with Crippen LogP contribution in [0.4, 0.5) is 9.80 Å². The number of anilines is 1. The molecule has 0 saturated heterocycles. The molecule has 0 spiro atoms. The van der Waals surface area contributed by atoms with Gasteiger partial charge in [-0.2, -0.15) is 5.26 Å². The lowest BCUT2D eigenvalue weighted by Gasteiger charge is -2.21. The lowest BCUT2D eigenvalue weighted by atomic mass is 10.3. The maximum Gasteiger partial charge on any atom is 0.338 e. The molecule has 0 bridgehead atoms. The lowest BCUT2D eigenvalue weighted by Crippen LogP contribution is -2.37. The van der Waals surface area contributed by atoms with Crippen LogP contribution in [0.5, 0.6) is 0 Å². The lowest BCUT2D eigenvalue weighted by molar-refractivity contribution is 0.0698. The van der Waals surface area contributed by atoms with Crippen molar-refractivity contribution in [3.05, 3.63) is 17.0 Å². The Bertz CT molecular complexity index is 531. The minimum absolute atomic E-state index is 0.0920. The van der Waals surface area contributed by atoms with Gasteiger partial charge in [0.1, 0.15) is 5.00 Å². The molecule has 1 aromatic rings. The number of nitriles is 1. The van der Waals surface area contributed by atoms with Crippen molar-refractivity contribution in [3.8, 4) is 6.07 Å². The summed E-state index contributed by atoms with van der Waals surface area (Å²) < 4.78 is 0. The monoisotopic (exact) mass is 279 g/mol. The van der Waals surface area contributed by atoms with Gasteiger partial charge < -0.3 is 10.0 Å². The Hall–Kier alpha value is -2.07. The second kappa shape index (κ2) is 5.71. The van der Waals surface area contributed by atoms with Crippen LogP contribution in [0.1, 0.15) is 29.6 Å². The zero-order chi connectivity index (χ0) is 13.8. The molecule has 19 heavy (non-hydrogen) atoms. The van der Waals surface area contributed by atoms with Crippen LogP contribution in [-0.2, 0) is 0 Å². The maximum atomic E-state index is 12.1. The first-order valence-electron chi connectivity index (χ1n) is 5.89. The first-order valence-corrected chi connectivity index (χ1v) is 6.77. The Morgan fingerprint density at radius 2 is 2.32 bits per heavy atom. The van der Waals surface area contributed by atoms with E-state index in [9.17, 15) is 9.59 Å². The molecule has 1 aromatic heterocycles. The number of carbonyl (C=O) groups excluding carboxylic acids is 1. The van der Waals surface area contributed by atoms with Gasteiger partial charge in [0.25, 0.3) is 0 Å². The number of amides is 2. The van der Waals surface area contributed by atoms with Gasteiger partial charge in [-0.3, -0.25) is 5.32 Å². The van der Waals surface area contributed by atoms with Crippen LogP contribution in [0, 0.1) is 11.3 Å². The van der Waals surface area contributed by atoms with E-state index in [-0.39, 0.29) is 24.1 Å². The number of hydrogen-bond donors (Lipinski definition) is 2. The van der Waals surface area contributed by atoms with E-state index in [0.29, 0.717) is 11.5 Å². The van der Waals surface area contributed by atoms with Crippen molar-refractivity contribution in [1.29, 1.82) is 5.26 Å². The number of rotatable bonds is 5. The predicted octanol–water partition coefficient (Wildman–Crippen LogP) is 2.36. The predicted molar refractivity (Wildman–Crippen MR) is 70.3 cm³/mol. The van der Waals surface area contributed by atoms with Crippen LogP contribution < -0.4 is 5.32 Å². The zero-order valence-corrected chi connectivity index (χ0v) is 10.9. The molecule has 6 nitrogen and oxygen atoms in total. The van der Waals surface area contributed by atoms with Crippen molar-refractivity contribution in [1.82, 2.24) is 4.90 Å². The molecular formula is C12H13N3O3S. The number of nitrogens with one attached hydrogen (secondary N) is 1. The van der Waals surface area contributed by atoms with Crippen LogP contribution in [0.25, 0.3) is 0 Å². The van der Waals surface area contributed by atoms with E-state index in [1.807, 2.05) is 6.07 Å². The summed E-state index contributed by atoms with van der Waals surface area (Å²) in [4.78, 5) is 24.6. The molecule has 0 atom stereocenters. The fraction of sp³-hybridized carbons (Fsp3) is 0.417. The van der Waals surface area contributed by atoms with Crippen LogP contribution in [-0.4, -0.2) is 34.6 Å². The number of carboxylic acid groups (broad SMARTS) is 1. The maximum absolute atomic E-state index is 12.1. The van der Waals surface area contributed by atoms with Crippen LogP contribution in [0.15, 0.2) is 11.4 Å². The molecule has 0 aromatic carbocycles. The minimum Gasteiger partial charge on any atom is -0.478 e. The smallest absolute Gasteiger partial charge is 0.338 e. The highest BCUT2D eigenvalue weighted by atomic mass is 32.1. The fourth-order valence-electron chi connectivity index (χ4n) is 1.75. The Kier molecular flexibility index (Phi) is 4.02. The van der Waals surface area contributed by atoms with Crippen molar-refractivity contribution < 1.29 is 14.7 Å². The van der Waals surface area contributed by atoms with Crippen molar-refractivity contribution in [2.45, 2.75) is 25.3 Å². The minimum atomic E-state index is -1.06. The van der Waals surface area contributed by atoms with Crippen LogP contribution >= 0.6 is 11.3 Å². The molecule has 100 valence electrons. The average Bonchev–Trinajstić information content (AvgIpc) is 3.09. The largest absolute Gasteiger partial charge is 0.478 e. The van der Waals surface area contributed by atoms with Gasteiger partial charge >= 0.3 is 12.0 Å². The molecule has 7 heteroatoms. The number of hydrogen-bond acceptors (Lipinski definition) is 4. The summed E-state index contributed by atoms with van der Waals surface area (Å²) in [5.41, 5.74) is 0.0920. The van der Waals surface area contributed by atoms with Gasteiger partial charge in [-0.1, -0.05) is 0 Å². The number of nitrogens with zero attached hydrogens (tertiary/aromatic N) is 2. The Balaban J connectivity index is 2.04. The highest BCUT2D eigenvalue weighted by molar-refractivity contribution is 7.14. The van der Waals surface area contributed by atoms with Crippen LogP contribution in [0.2, 0.25) is 0 Å². The molecule has 1 heterocycles. The van der Waals surface area contributed by atoms with Crippen molar-refractivity contribution in [2.24, 2.45) is 0 Å². The van der Waals surface area contributed by atoms with E-state index >= 15 is 0 Å². The summed E-state index contributed by atoms with van der Waals surface area (Å²) in [6, 6.07) is 3.32. The average molecular weight is 279 g/mol. The molecule has 1 aliphatic rings. The third kappa shape index (κ3) is 3.23. The molecule has 2 N–H and O–H groups in total. The molecule has 0 aliphatic heterocycles. The standard InChI is InChI=1S/C12H13N3O3S/c13-5-1-6-15(8-2-3-8)12(18)14-10-9(11(16)17)4-7-19-10/h4,7-8H,1-3,6H2,(H,14,18)(H,16,17). The van der Waals surface area contributed by atoms with Gasteiger partial charge in [-0.15, -0.1) is 11.3 Å². The third-order valence-electron chi connectivity index (χ3n) is 2.83. The highest BCUT2D eigenvalue weighted by Gasteiger charge is 2.32. The van der Waals surface area contributed by atoms with E-state index in [1.165, 1.54) is 17.4 Å². The second-order valence-electron chi connectivity index (χ2n) is 4.23. The number of carboxylic acids is 1. The molecule has 1 fully saturated rings. The van der Waals surface area contributed by atoms with E-state index in [0.717, 1.165) is 12.8 Å². The van der Waals surface area contributed by atoms with Crippen molar-refractivity contribution in [3.63, 3.8) is 0 Å². The fourth-order valence-corrected chi connectivity index (χ4v) is 2.52. The summed E-state index contributed by atoms with van der Waals surface area (Å²) in [7, 11) is 0. The van der Waals surface area contributed by atoms with Gasteiger partial charge in [0.15, 0.2) is 0 Å². The van der Waals surface area contributed by atoms with Crippen LogP contribution in [0.3, 0.4) is 0 Å². The van der Waals surface area contributed by atoms with Gasteiger partial charge in [0.2, 0.25) is 0 Å². The number of carbonyl (C=O) groups is 2. The molecule has 0 radical (unpaired) electrons. The summed E-state index contributed by atoms with van der Waals surface area (Å²) in [5.74, 6) is -1.06. The van der Waals surface area contributed by atoms with Gasteiger partial charge in [-0.05, 0) is 24.3 Å². The zero-order valence-electron chi connectivity index (χ0n) is 10.1. The summed E-state index contributed by atoms with van der Waals surface area (Å²) in [6.45, 7) is 0.376. The quantitative estimate of drug-likeness (QED) is 0.865. The number of thiophene rings is 1. The van der Waals surface area contributed by atoms with E-state index in [4.69, 9.17) is 10.4 Å². The van der Waals surface area contributed by atoms with E-state index < -0.39 is 5.97 Å². The summed E-state index contributed by atoms with van der Waals surface area (Å²) in [5, 5.41) is 22.1. The van der Waals surface area contributed by atoms with Gasteiger partial charge in [-0.25, -0.2) is 9.59 Å². The Morgan fingerprint density at radius 1 is 1.58 bits per heavy atom. The summed E-state index contributed by atoms with van der Waals surface area (Å²) in [6.07, 6.45) is 2.16. The van der Waals surface area contributed by atoms with E-state index in [2.05, 4.69) is 5.32 Å². The summed E-state index contributed by atoms with van der Waals surface area (Å²) >= 11 is 1.18. The van der Waals surface area contributed by atoms with Crippen molar-refractivity contribution >= 4 is 28.3 Å². The van der Waals surface area contributed by atoms with Gasteiger partial charge in [0, 0.05) is 12.6 Å². The van der Waals surface area contributed by atoms with E-state index in [1.54, 1.807) is 10.3 Å². The number of urea groups is 1. The first-order chi connectivity index (χ1) is 9.13. The first kappa shape index (κ1) is 13.4. The molecule has 0 unspecified atom stereocenters. The molecule has 2 amide bonds. The molecule has 2 rings (SSSR count). The normalized spacial score (nSPS) is 13.6. The van der Waals surface area contributed by atoms with Crippen molar-refractivity contribution in [2.75, 3.05) is 11.9 Å². The Morgan fingerprint density at radius 3 is 2.89 bits per heavy atom. The number of aromatic carboxylic acids is 1. The van der Waals surface area contributed by atoms with Gasteiger partial charge in [0.05, 0.1) is 18.1 Å². The highest BCUT2D eigenvalue weighted by Crippen LogP contribution is 2.29. The molecule has 1 aliphatic carbocycles. The Labute approximate surface area is 114 Å². The third-order valence-corrected chi connectivity index (χ3v) is 3.66. The SMILES string of the molecule is N#CCCN(C(=O)Nc1sccc1C(=O)O)C1CC1. The second-order valence-corrected chi connectivity index (χ2v) is 5.15.